The first-order valence-corrected chi connectivity index (χ1v) is 7.49. The number of carbonyl (C=O) groups excluding carboxylic acids is 2. The van der Waals surface area contributed by atoms with E-state index in [0.29, 0.717) is 23.5 Å². The largest absolute Gasteiger partial charge is 0.497 e. The maximum atomic E-state index is 12.3. The standard InChI is InChI=1S/C16H23N3O3.ClH/c1-10(9-17-2)15(20)19-14-7-6-12(22-3)8-13(14)16(21)18-11-4-5-11;/h6-8,10-11,17H,4-5,9H2,1-3H3,(H,18,21)(H,19,20);1H. The van der Waals surface area contributed by atoms with Crippen molar-refractivity contribution in [1.29, 1.82) is 0 Å². The van der Waals surface area contributed by atoms with Crippen LogP contribution in [-0.2, 0) is 4.79 Å². The molecule has 1 aliphatic carbocycles. The Labute approximate surface area is 142 Å². The number of halogens is 1. The van der Waals surface area contributed by atoms with Gasteiger partial charge in [-0.15, -0.1) is 12.4 Å². The van der Waals surface area contributed by atoms with Crippen molar-refractivity contribution in [2.75, 3.05) is 26.0 Å². The fraction of sp³-hybridized carbons (Fsp3) is 0.500. The lowest BCUT2D eigenvalue weighted by atomic mass is 10.1. The minimum Gasteiger partial charge on any atom is -0.497 e. The van der Waals surface area contributed by atoms with Gasteiger partial charge < -0.3 is 20.7 Å². The third-order valence-corrected chi connectivity index (χ3v) is 3.60. The van der Waals surface area contributed by atoms with Crippen molar-refractivity contribution in [3.8, 4) is 5.75 Å². The summed E-state index contributed by atoms with van der Waals surface area (Å²) in [5.74, 6) is 0.0895. The van der Waals surface area contributed by atoms with E-state index in [1.807, 2.05) is 6.92 Å². The zero-order valence-corrected chi connectivity index (χ0v) is 14.5. The molecule has 0 bridgehead atoms. The number of amides is 2. The summed E-state index contributed by atoms with van der Waals surface area (Å²) in [6.45, 7) is 2.41. The molecule has 0 spiro atoms. The van der Waals surface area contributed by atoms with Crippen LogP contribution in [0.3, 0.4) is 0 Å². The maximum absolute atomic E-state index is 12.3. The molecule has 3 N–H and O–H groups in total. The first-order valence-electron chi connectivity index (χ1n) is 7.49. The highest BCUT2D eigenvalue weighted by atomic mass is 35.5. The van der Waals surface area contributed by atoms with Crippen LogP contribution in [0.4, 0.5) is 5.69 Å². The molecule has 1 aliphatic rings. The lowest BCUT2D eigenvalue weighted by molar-refractivity contribution is -0.119. The van der Waals surface area contributed by atoms with E-state index < -0.39 is 0 Å². The third kappa shape index (κ3) is 5.41. The van der Waals surface area contributed by atoms with Gasteiger partial charge in [0.15, 0.2) is 0 Å². The van der Waals surface area contributed by atoms with E-state index in [0.717, 1.165) is 12.8 Å². The number of rotatable bonds is 7. The smallest absolute Gasteiger partial charge is 0.253 e. The minimum atomic E-state index is -0.188. The van der Waals surface area contributed by atoms with Gasteiger partial charge in [0, 0.05) is 18.5 Å². The molecule has 1 fully saturated rings. The van der Waals surface area contributed by atoms with E-state index in [4.69, 9.17) is 4.74 Å². The molecule has 1 unspecified atom stereocenters. The molecule has 128 valence electrons. The fourth-order valence-electron chi connectivity index (χ4n) is 2.09. The highest BCUT2D eigenvalue weighted by Crippen LogP contribution is 2.25. The van der Waals surface area contributed by atoms with E-state index >= 15 is 0 Å². The van der Waals surface area contributed by atoms with Gasteiger partial charge in [0.2, 0.25) is 5.91 Å². The first-order chi connectivity index (χ1) is 10.5. The van der Waals surface area contributed by atoms with E-state index in [1.54, 1.807) is 32.4 Å². The number of hydrogen-bond acceptors (Lipinski definition) is 4. The highest BCUT2D eigenvalue weighted by molar-refractivity contribution is 6.04. The lowest BCUT2D eigenvalue weighted by Crippen LogP contribution is -2.30. The number of methoxy groups -OCH3 is 1. The summed E-state index contributed by atoms with van der Waals surface area (Å²) in [5.41, 5.74) is 0.933. The highest BCUT2D eigenvalue weighted by Gasteiger charge is 2.25. The van der Waals surface area contributed by atoms with Crippen molar-refractivity contribution in [3.05, 3.63) is 23.8 Å². The molecule has 1 aromatic rings. The summed E-state index contributed by atoms with van der Waals surface area (Å²) >= 11 is 0. The van der Waals surface area contributed by atoms with Crippen LogP contribution < -0.4 is 20.7 Å². The SMILES string of the molecule is CNCC(C)C(=O)Nc1ccc(OC)cc1C(=O)NC1CC1.Cl. The van der Waals surface area contributed by atoms with Gasteiger partial charge in [-0.25, -0.2) is 0 Å². The van der Waals surface area contributed by atoms with Crippen molar-refractivity contribution in [2.45, 2.75) is 25.8 Å². The molecule has 7 heteroatoms. The van der Waals surface area contributed by atoms with E-state index in [9.17, 15) is 9.59 Å². The van der Waals surface area contributed by atoms with Crippen molar-refractivity contribution in [2.24, 2.45) is 5.92 Å². The molecule has 2 amide bonds. The summed E-state index contributed by atoms with van der Waals surface area (Å²) in [5, 5.41) is 8.72. The number of benzene rings is 1. The number of ether oxygens (including phenoxy) is 1. The lowest BCUT2D eigenvalue weighted by Gasteiger charge is -2.15. The monoisotopic (exact) mass is 341 g/mol. The molecular weight excluding hydrogens is 318 g/mol. The van der Waals surface area contributed by atoms with Crippen LogP contribution in [0.2, 0.25) is 0 Å². The average molecular weight is 342 g/mol. The molecule has 23 heavy (non-hydrogen) atoms. The summed E-state index contributed by atoms with van der Waals surface area (Å²) in [6, 6.07) is 5.33. The Hall–Kier alpha value is -1.79. The summed E-state index contributed by atoms with van der Waals surface area (Å²) in [7, 11) is 3.34. The summed E-state index contributed by atoms with van der Waals surface area (Å²) in [6.07, 6.45) is 2.02. The fourth-order valence-corrected chi connectivity index (χ4v) is 2.09. The van der Waals surface area contributed by atoms with Crippen LogP contribution >= 0.6 is 12.4 Å². The Morgan fingerprint density at radius 2 is 2.04 bits per heavy atom. The second-order valence-electron chi connectivity index (χ2n) is 5.61. The molecule has 1 aromatic carbocycles. The average Bonchev–Trinajstić information content (AvgIpc) is 3.31. The first kappa shape index (κ1) is 19.3. The van der Waals surface area contributed by atoms with Crippen molar-refractivity contribution in [1.82, 2.24) is 10.6 Å². The number of hydrogen-bond donors (Lipinski definition) is 3. The molecule has 0 aliphatic heterocycles. The summed E-state index contributed by atoms with van der Waals surface area (Å²) in [4.78, 5) is 24.5. The Bertz CT molecular complexity index is 562. The summed E-state index contributed by atoms with van der Waals surface area (Å²) < 4.78 is 5.17. The Morgan fingerprint density at radius 3 is 2.61 bits per heavy atom. The second kappa shape index (κ2) is 8.74. The van der Waals surface area contributed by atoms with Crippen molar-refractivity contribution >= 4 is 29.9 Å². The van der Waals surface area contributed by atoms with Crippen LogP contribution in [-0.4, -0.2) is 38.6 Å². The molecular formula is C16H24ClN3O3. The molecule has 6 nitrogen and oxygen atoms in total. The van der Waals surface area contributed by atoms with Gasteiger partial charge in [-0.2, -0.15) is 0 Å². The van der Waals surface area contributed by atoms with Crippen molar-refractivity contribution in [3.63, 3.8) is 0 Å². The predicted octanol–water partition coefficient (Wildman–Crippen LogP) is 1.80. The van der Waals surface area contributed by atoms with Gasteiger partial charge in [0.25, 0.3) is 5.91 Å². The molecule has 0 radical (unpaired) electrons. The van der Waals surface area contributed by atoms with Gasteiger partial charge in [0.05, 0.1) is 18.4 Å². The van der Waals surface area contributed by atoms with Gasteiger partial charge in [-0.05, 0) is 38.1 Å². The van der Waals surface area contributed by atoms with Crippen LogP contribution in [0, 0.1) is 5.92 Å². The molecule has 1 saturated carbocycles. The quantitative estimate of drug-likeness (QED) is 0.706. The van der Waals surface area contributed by atoms with Gasteiger partial charge in [0.1, 0.15) is 5.75 Å². The molecule has 0 saturated heterocycles. The Kier molecular flexibility index (Phi) is 7.32. The molecule has 2 rings (SSSR count). The van der Waals surface area contributed by atoms with Gasteiger partial charge in [-0.3, -0.25) is 9.59 Å². The predicted molar refractivity (Wildman–Crippen MR) is 92.5 cm³/mol. The Balaban J connectivity index is 0.00000264. The number of carbonyl (C=O) groups is 2. The number of nitrogens with one attached hydrogen (secondary N) is 3. The maximum Gasteiger partial charge on any atom is 0.253 e. The van der Waals surface area contributed by atoms with Gasteiger partial charge >= 0.3 is 0 Å². The Morgan fingerprint density at radius 1 is 1.35 bits per heavy atom. The third-order valence-electron chi connectivity index (χ3n) is 3.60. The second-order valence-corrected chi connectivity index (χ2v) is 5.61. The van der Waals surface area contributed by atoms with Crippen LogP contribution in [0.1, 0.15) is 30.1 Å². The van der Waals surface area contributed by atoms with Crippen LogP contribution in [0.15, 0.2) is 18.2 Å². The normalized spacial score (nSPS) is 14.4. The number of anilines is 1. The zero-order valence-electron chi connectivity index (χ0n) is 13.6. The zero-order chi connectivity index (χ0) is 16.1. The molecule has 0 aromatic heterocycles. The van der Waals surface area contributed by atoms with Crippen LogP contribution in [0.25, 0.3) is 0 Å². The van der Waals surface area contributed by atoms with Crippen LogP contribution in [0.5, 0.6) is 5.75 Å². The van der Waals surface area contributed by atoms with E-state index in [2.05, 4.69) is 16.0 Å². The minimum absolute atomic E-state index is 0. The molecule has 1 atom stereocenters. The van der Waals surface area contributed by atoms with Crippen molar-refractivity contribution < 1.29 is 14.3 Å². The van der Waals surface area contributed by atoms with Gasteiger partial charge in [-0.1, -0.05) is 6.92 Å². The van der Waals surface area contributed by atoms with E-state index in [1.165, 1.54) is 0 Å². The van der Waals surface area contributed by atoms with E-state index in [-0.39, 0.29) is 36.2 Å². The molecule has 0 heterocycles. The topological polar surface area (TPSA) is 79.5 Å².